The Kier molecular flexibility index (Phi) is 5.62. The van der Waals surface area contributed by atoms with Crippen molar-refractivity contribution in [2.45, 2.75) is 26.3 Å². The van der Waals surface area contributed by atoms with Crippen molar-refractivity contribution in [3.05, 3.63) is 35.9 Å². The molecule has 0 amide bonds. The smallest absolute Gasteiger partial charge is 0.212 e. The van der Waals surface area contributed by atoms with Crippen molar-refractivity contribution < 1.29 is 8.42 Å². The van der Waals surface area contributed by atoms with Gasteiger partial charge in [0.2, 0.25) is 10.0 Å². The predicted octanol–water partition coefficient (Wildman–Crippen LogP) is 3.05. The Morgan fingerprint density at radius 1 is 1.24 bits per heavy atom. The monoisotopic (exact) mass is 319 g/mol. The number of hydrogen-bond acceptors (Lipinski definition) is 2. The van der Waals surface area contributed by atoms with Gasteiger partial charge in [-0.3, -0.25) is 0 Å². The SMILES string of the molecule is CC(C)CC(NS(=O)(=O)CBr)c1ccccc1. The van der Waals surface area contributed by atoms with Crippen LogP contribution in [0, 0.1) is 5.92 Å². The van der Waals surface area contributed by atoms with E-state index in [0.717, 1.165) is 12.0 Å². The summed E-state index contributed by atoms with van der Waals surface area (Å²) in [6.45, 7) is 4.16. The molecule has 0 heterocycles. The van der Waals surface area contributed by atoms with E-state index in [1.54, 1.807) is 0 Å². The molecule has 0 aliphatic carbocycles. The summed E-state index contributed by atoms with van der Waals surface area (Å²) < 4.78 is 25.9. The van der Waals surface area contributed by atoms with Crippen LogP contribution in [-0.4, -0.2) is 13.1 Å². The summed E-state index contributed by atoms with van der Waals surface area (Å²) in [6, 6.07) is 9.51. The van der Waals surface area contributed by atoms with Crippen LogP contribution < -0.4 is 4.72 Å². The van der Waals surface area contributed by atoms with E-state index >= 15 is 0 Å². The molecule has 3 nitrogen and oxygen atoms in total. The number of halogens is 1. The molecule has 5 heteroatoms. The zero-order chi connectivity index (χ0) is 12.9. The molecule has 1 aromatic rings. The molecule has 0 bridgehead atoms. The molecule has 1 rings (SSSR count). The normalized spacial score (nSPS) is 13.9. The van der Waals surface area contributed by atoms with Crippen molar-refractivity contribution in [1.82, 2.24) is 4.72 Å². The molecule has 0 fully saturated rings. The summed E-state index contributed by atoms with van der Waals surface area (Å²) in [6.07, 6.45) is 0.788. The first kappa shape index (κ1) is 14.7. The lowest BCUT2D eigenvalue weighted by Crippen LogP contribution is -2.30. The van der Waals surface area contributed by atoms with Crippen molar-refractivity contribution in [2.24, 2.45) is 5.92 Å². The molecule has 17 heavy (non-hydrogen) atoms. The second-order valence-electron chi connectivity index (χ2n) is 4.43. The van der Waals surface area contributed by atoms with Crippen LogP contribution >= 0.6 is 15.9 Å². The molecule has 1 aromatic carbocycles. The van der Waals surface area contributed by atoms with Gasteiger partial charge in [0, 0.05) is 6.04 Å². The van der Waals surface area contributed by atoms with Crippen LogP contribution in [0.5, 0.6) is 0 Å². The van der Waals surface area contributed by atoms with Crippen LogP contribution in [0.15, 0.2) is 30.3 Å². The van der Waals surface area contributed by atoms with Crippen molar-refractivity contribution in [1.29, 1.82) is 0 Å². The predicted molar refractivity (Wildman–Crippen MR) is 74.5 cm³/mol. The minimum atomic E-state index is -3.25. The minimum absolute atomic E-state index is 0.0680. The van der Waals surface area contributed by atoms with Crippen LogP contribution in [-0.2, 0) is 10.0 Å². The largest absolute Gasteiger partial charge is 0.222 e. The maximum absolute atomic E-state index is 11.6. The highest BCUT2D eigenvalue weighted by molar-refractivity contribution is 9.10. The molecule has 0 spiro atoms. The molecule has 0 aromatic heterocycles. The van der Waals surface area contributed by atoms with Crippen LogP contribution in [0.1, 0.15) is 31.9 Å². The summed E-state index contributed by atoms with van der Waals surface area (Å²) in [4.78, 5) is 0. The number of hydrogen-bond donors (Lipinski definition) is 1. The number of nitrogens with one attached hydrogen (secondary N) is 1. The Bertz CT molecular complexity index is 431. The zero-order valence-electron chi connectivity index (χ0n) is 10.1. The first-order valence-corrected chi connectivity index (χ1v) is 8.33. The minimum Gasteiger partial charge on any atom is -0.212 e. The molecule has 0 aliphatic heterocycles. The summed E-state index contributed by atoms with van der Waals surface area (Å²) in [7, 11) is -3.25. The fourth-order valence-electron chi connectivity index (χ4n) is 1.66. The van der Waals surface area contributed by atoms with Gasteiger partial charge in [-0.05, 0) is 17.9 Å². The topological polar surface area (TPSA) is 46.2 Å². The Balaban J connectivity index is 2.89. The second-order valence-corrected chi connectivity index (χ2v) is 7.49. The first-order valence-electron chi connectivity index (χ1n) is 5.55. The van der Waals surface area contributed by atoms with Crippen LogP contribution in [0.4, 0.5) is 0 Å². The highest BCUT2D eigenvalue weighted by Crippen LogP contribution is 2.22. The quantitative estimate of drug-likeness (QED) is 0.819. The number of alkyl halides is 1. The van der Waals surface area contributed by atoms with Gasteiger partial charge in [-0.2, -0.15) is 0 Å². The van der Waals surface area contributed by atoms with Crippen molar-refractivity contribution in [3.63, 3.8) is 0 Å². The van der Waals surface area contributed by atoms with Gasteiger partial charge in [0.05, 0.1) is 0 Å². The van der Waals surface area contributed by atoms with E-state index < -0.39 is 10.0 Å². The van der Waals surface area contributed by atoms with Gasteiger partial charge in [0.15, 0.2) is 0 Å². The van der Waals surface area contributed by atoms with E-state index in [1.807, 2.05) is 30.3 Å². The third-order valence-electron chi connectivity index (χ3n) is 2.37. The van der Waals surface area contributed by atoms with E-state index in [2.05, 4.69) is 34.5 Å². The molecular formula is C12H18BrNO2S. The maximum Gasteiger partial charge on any atom is 0.222 e. The van der Waals surface area contributed by atoms with E-state index in [1.165, 1.54) is 0 Å². The van der Waals surface area contributed by atoms with E-state index in [-0.39, 0.29) is 10.7 Å². The first-order chi connectivity index (χ1) is 7.94. The Morgan fingerprint density at radius 3 is 2.29 bits per heavy atom. The van der Waals surface area contributed by atoms with E-state index in [4.69, 9.17) is 0 Å². The molecule has 0 saturated carbocycles. The third-order valence-corrected chi connectivity index (χ3v) is 5.11. The zero-order valence-corrected chi connectivity index (χ0v) is 12.5. The van der Waals surface area contributed by atoms with Crippen molar-refractivity contribution in [2.75, 3.05) is 4.66 Å². The molecule has 1 atom stereocenters. The molecule has 96 valence electrons. The third kappa shape index (κ3) is 5.19. The van der Waals surface area contributed by atoms with Crippen LogP contribution in [0.2, 0.25) is 0 Å². The van der Waals surface area contributed by atoms with Gasteiger partial charge in [0.1, 0.15) is 4.66 Å². The van der Waals surface area contributed by atoms with Gasteiger partial charge in [-0.15, -0.1) is 0 Å². The number of rotatable bonds is 6. The van der Waals surface area contributed by atoms with Gasteiger partial charge < -0.3 is 0 Å². The van der Waals surface area contributed by atoms with Crippen molar-refractivity contribution >= 4 is 26.0 Å². The second kappa shape index (κ2) is 6.52. The highest BCUT2D eigenvalue weighted by Gasteiger charge is 2.19. The van der Waals surface area contributed by atoms with Gasteiger partial charge in [-0.25, -0.2) is 13.1 Å². The summed E-state index contributed by atoms with van der Waals surface area (Å²) >= 11 is 2.99. The number of benzene rings is 1. The number of sulfonamides is 1. The maximum atomic E-state index is 11.6. The Morgan fingerprint density at radius 2 is 1.82 bits per heavy atom. The van der Waals surface area contributed by atoms with Gasteiger partial charge in [0.25, 0.3) is 0 Å². The molecule has 0 aliphatic rings. The molecule has 0 radical (unpaired) electrons. The molecule has 0 saturated heterocycles. The Hall–Kier alpha value is -0.390. The molecular weight excluding hydrogens is 302 g/mol. The molecule has 1 unspecified atom stereocenters. The van der Waals surface area contributed by atoms with E-state index in [9.17, 15) is 8.42 Å². The average Bonchev–Trinajstić information content (AvgIpc) is 2.28. The van der Waals surface area contributed by atoms with Gasteiger partial charge >= 0.3 is 0 Å². The fraction of sp³-hybridized carbons (Fsp3) is 0.500. The van der Waals surface area contributed by atoms with Crippen molar-refractivity contribution in [3.8, 4) is 0 Å². The lowest BCUT2D eigenvalue weighted by molar-refractivity contribution is 0.473. The average molecular weight is 320 g/mol. The standard InChI is InChI=1S/C12H18BrNO2S/c1-10(2)8-12(14-17(15,16)9-13)11-6-4-3-5-7-11/h3-7,10,12,14H,8-9H2,1-2H3. The molecule has 1 N–H and O–H groups in total. The van der Waals surface area contributed by atoms with Crippen LogP contribution in [0.25, 0.3) is 0 Å². The summed E-state index contributed by atoms with van der Waals surface area (Å²) in [5.74, 6) is 0.429. The van der Waals surface area contributed by atoms with Crippen LogP contribution in [0.3, 0.4) is 0 Å². The summed E-state index contributed by atoms with van der Waals surface area (Å²) in [5, 5.41) is 0. The lowest BCUT2D eigenvalue weighted by Gasteiger charge is -2.20. The lowest BCUT2D eigenvalue weighted by atomic mass is 9.98. The fourth-order valence-corrected chi connectivity index (χ4v) is 2.78. The Labute approximate surface area is 112 Å². The van der Waals surface area contributed by atoms with Gasteiger partial charge in [-0.1, -0.05) is 60.1 Å². The summed E-state index contributed by atoms with van der Waals surface area (Å²) in [5.41, 5.74) is 1.01. The highest BCUT2D eigenvalue weighted by atomic mass is 79.9. The van der Waals surface area contributed by atoms with E-state index in [0.29, 0.717) is 5.92 Å².